The van der Waals surface area contributed by atoms with E-state index in [2.05, 4.69) is 15.3 Å². The van der Waals surface area contributed by atoms with E-state index in [1.807, 2.05) is 18.2 Å². The van der Waals surface area contributed by atoms with Crippen molar-refractivity contribution in [1.82, 2.24) is 15.3 Å². The first kappa shape index (κ1) is 11.2. The Morgan fingerprint density at radius 3 is 3.06 bits per heavy atom. The number of ether oxygens (including phenoxy) is 1. The van der Waals surface area contributed by atoms with Crippen LogP contribution < -0.4 is 5.32 Å². The summed E-state index contributed by atoms with van der Waals surface area (Å²) in [5.74, 6) is -0.0695. The maximum Gasteiger partial charge on any atom is 0.267 e. The quantitative estimate of drug-likeness (QED) is 0.842. The molecule has 0 bridgehead atoms. The lowest BCUT2D eigenvalue weighted by atomic mass is 10.1. The molecule has 0 aliphatic carbocycles. The molecule has 3 rings (SSSR count). The summed E-state index contributed by atoms with van der Waals surface area (Å²) in [7, 11) is 0. The average molecular weight is 245 g/mol. The van der Waals surface area contributed by atoms with Crippen LogP contribution in [-0.4, -0.2) is 35.1 Å². The van der Waals surface area contributed by atoms with Crippen LogP contribution in [0.2, 0.25) is 0 Å². The SMILES string of the molecule is O=C(NC1CCOCC1)c1cc2cccnc2[nH]1. The van der Waals surface area contributed by atoms with Crippen LogP contribution in [0.15, 0.2) is 24.4 Å². The van der Waals surface area contributed by atoms with E-state index in [4.69, 9.17) is 4.74 Å². The van der Waals surface area contributed by atoms with Gasteiger partial charge in [0.1, 0.15) is 11.3 Å². The highest BCUT2D eigenvalue weighted by molar-refractivity contribution is 5.97. The second-order valence-corrected chi connectivity index (χ2v) is 4.48. The van der Waals surface area contributed by atoms with Crippen molar-refractivity contribution in [2.24, 2.45) is 0 Å². The van der Waals surface area contributed by atoms with Crippen LogP contribution in [0.3, 0.4) is 0 Å². The van der Waals surface area contributed by atoms with Crippen LogP contribution >= 0.6 is 0 Å². The molecule has 0 radical (unpaired) electrons. The van der Waals surface area contributed by atoms with Crippen LogP contribution in [0.4, 0.5) is 0 Å². The van der Waals surface area contributed by atoms with Gasteiger partial charge in [-0.05, 0) is 31.0 Å². The maximum absolute atomic E-state index is 12.1. The molecule has 1 aliphatic rings. The molecule has 2 aromatic rings. The molecule has 0 atom stereocenters. The topological polar surface area (TPSA) is 67.0 Å². The summed E-state index contributed by atoms with van der Waals surface area (Å²) in [6.07, 6.45) is 3.47. The van der Waals surface area contributed by atoms with Gasteiger partial charge in [-0.15, -0.1) is 0 Å². The number of hydrogen-bond acceptors (Lipinski definition) is 3. The van der Waals surface area contributed by atoms with Crippen molar-refractivity contribution in [2.75, 3.05) is 13.2 Å². The van der Waals surface area contributed by atoms with Crippen molar-refractivity contribution >= 4 is 16.9 Å². The summed E-state index contributed by atoms with van der Waals surface area (Å²) < 4.78 is 5.27. The van der Waals surface area contributed by atoms with Crippen LogP contribution in [0.25, 0.3) is 11.0 Å². The lowest BCUT2D eigenvalue weighted by Crippen LogP contribution is -2.39. The molecule has 2 N–H and O–H groups in total. The zero-order valence-corrected chi connectivity index (χ0v) is 9.98. The van der Waals surface area contributed by atoms with Crippen LogP contribution in [-0.2, 0) is 4.74 Å². The van der Waals surface area contributed by atoms with Crippen molar-refractivity contribution in [2.45, 2.75) is 18.9 Å². The molecule has 0 spiro atoms. The Bertz CT molecular complexity index is 525. The van der Waals surface area contributed by atoms with Gasteiger partial charge in [0, 0.05) is 30.8 Å². The third kappa shape index (κ3) is 2.22. The van der Waals surface area contributed by atoms with Gasteiger partial charge < -0.3 is 15.0 Å². The Morgan fingerprint density at radius 2 is 2.28 bits per heavy atom. The molecule has 18 heavy (non-hydrogen) atoms. The molecule has 0 aromatic carbocycles. The number of aromatic amines is 1. The molecule has 1 fully saturated rings. The number of aromatic nitrogens is 2. The second kappa shape index (κ2) is 4.78. The molecular weight excluding hydrogens is 230 g/mol. The van der Waals surface area contributed by atoms with E-state index in [0.717, 1.165) is 37.1 Å². The smallest absolute Gasteiger partial charge is 0.267 e. The average Bonchev–Trinajstić information content (AvgIpc) is 2.84. The van der Waals surface area contributed by atoms with E-state index >= 15 is 0 Å². The van der Waals surface area contributed by atoms with E-state index in [-0.39, 0.29) is 11.9 Å². The normalized spacial score (nSPS) is 16.9. The fourth-order valence-electron chi connectivity index (χ4n) is 2.19. The minimum atomic E-state index is -0.0695. The van der Waals surface area contributed by atoms with Crippen molar-refractivity contribution < 1.29 is 9.53 Å². The number of hydrogen-bond donors (Lipinski definition) is 2. The number of rotatable bonds is 2. The van der Waals surface area contributed by atoms with E-state index in [0.29, 0.717) is 5.69 Å². The van der Waals surface area contributed by atoms with E-state index in [9.17, 15) is 4.79 Å². The fraction of sp³-hybridized carbons (Fsp3) is 0.385. The second-order valence-electron chi connectivity index (χ2n) is 4.48. The molecule has 1 amide bonds. The summed E-state index contributed by atoms with van der Waals surface area (Å²) in [4.78, 5) is 19.3. The summed E-state index contributed by atoms with van der Waals surface area (Å²) in [6.45, 7) is 1.44. The first-order valence-electron chi connectivity index (χ1n) is 6.15. The van der Waals surface area contributed by atoms with Crippen LogP contribution in [0.1, 0.15) is 23.3 Å². The predicted octanol–water partition coefficient (Wildman–Crippen LogP) is 1.47. The molecular formula is C13H15N3O2. The number of carbonyl (C=O) groups is 1. The number of nitrogens with zero attached hydrogens (tertiary/aromatic N) is 1. The molecule has 3 heterocycles. The van der Waals surface area contributed by atoms with Crippen molar-refractivity contribution in [3.05, 3.63) is 30.1 Å². The summed E-state index contributed by atoms with van der Waals surface area (Å²) >= 11 is 0. The van der Waals surface area contributed by atoms with Gasteiger partial charge in [-0.1, -0.05) is 0 Å². The van der Waals surface area contributed by atoms with Gasteiger partial charge in [0.25, 0.3) is 5.91 Å². The Labute approximate surface area is 105 Å². The number of carbonyl (C=O) groups excluding carboxylic acids is 1. The molecule has 94 valence electrons. The van der Waals surface area contributed by atoms with E-state index < -0.39 is 0 Å². The lowest BCUT2D eigenvalue weighted by Gasteiger charge is -2.22. The van der Waals surface area contributed by atoms with Gasteiger partial charge >= 0.3 is 0 Å². The number of H-pyrrole nitrogens is 1. The van der Waals surface area contributed by atoms with Crippen molar-refractivity contribution in [1.29, 1.82) is 0 Å². The molecule has 1 saturated heterocycles. The largest absolute Gasteiger partial charge is 0.381 e. The van der Waals surface area contributed by atoms with Gasteiger partial charge in [0.15, 0.2) is 0 Å². The predicted molar refractivity (Wildman–Crippen MR) is 67.4 cm³/mol. The first-order valence-corrected chi connectivity index (χ1v) is 6.15. The van der Waals surface area contributed by atoms with Crippen LogP contribution in [0, 0.1) is 0 Å². The standard InChI is InChI=1S/C13H15N3O2/c17-13(15-10-3-6-18-7-4-10)11-8-9-2-1-5-14-12(9)16-11/h1-2,5,8,10H,3-4,6-7H2,(H,14,16)(H,15,17). The molecule has 0 unspecified atom stereocenters. The maximum atomic E-state index is 12.1. The minimum Gasteiger partial charge on any atom is -0.381 e. The Balaban J connectivity index is 1.74. The van der Waals surface area contributed by atoms with E-state index in [1.54, 1.807) is 6.20 Å². The molecule has 5 nitrogen and oxygen atoms in total. The molecule has 0 saturated carbocycles. The Kier molecular flexibility index (Phi) is 2.98. The zero-order valence-electron chi connectivity index (χ0n) is 9.98. The Morgan fingerprint density at radius 1 is 1.44 bits per heavy atom. The fourth-order valence-corrected chi connectivity index (χ4v) is 2.19. The van der Waals surface area contributed by atoms with Crippen molar-refractivity contribution in [3.8, 4) is 0 Å². The monoisotopic (exact) mass is 245 g/mol. The van der Waals surface area contributed by atoms with E-state index in [1.165, 1.54) is 0 Å². The third-order valence-electron chi connectivity index (χ3n) is 3.19. The summed E-state index contributed by atoms with van der Waals surface area (Å²) in [5.41, 5.74) is 1.31. The highest BCUT2D eigenvalue weighted by atomic mass is 16.5. The van der Waals surface area contributed by atoms with Gasteiger partial charge in [-0.3, -0.25) is 4.79 Å². The Hall–Kier alpha value is -1.88. The first-order chi connectivity index (χ1) is 8.83. The zero-order chi connectivity index (χ0) is 12.4. The molecule has 2 aromatic heterocycles. The number of amides is 1. The lowest BCUT2D eigenvalue weighted by molar-refractivity contribution is 0.0694. The van der Waals surface area contributed by atoms with Crippen molar-refractivity contribution in [3.63, 3.8) is 0 Å². The van der Waals surface area contributed by atoms with Crippen LogP contribution in [0.5, 0.6) is 0 Å². The molecule has 1 aliphatic heterocycles. The number of nitrogens with one attached hydrogen (secondary N) is 2. The minimum absolute atomic E-state index is 0.0695. The number of fused-ring (bicyclic) bond motifs is 1. The summed E-state index contributed by atoms with van der Waals surface area (Å²) in [5, 5.41) is 3.97. The van der Waals surface area contributed by atoms with Gasteiger partial charge in [-0.25, -0.2) is 4.98 Å². The van der Waals surface area contributed by atoms with Gasteiger partial charge in [-0.2, -0.15) is 0 Å². The van der Waals surface area contributed by atoms with Gasteiger partial charge in [0.2, 0.25) is 0 Å². The third-order valence-corrected chi connectivity index (χ3v) is 3.19. The summed E-state index contributed by atoms with van der Waals surface area (Å²) in [6, 6.07) is 5.84. The number of pyridine rings is 1. The molecule has 5 heteroatoms. The van der Waals surface area contributed by atoms with Gasteiger partial charge in [0.05, 0.1) is 0 Å². The highest BCUT2D eigenvalue weighted by Crippen LogP contribution is 2.13. The highest BCUT2D eigenvalue weighted by Gasteiger charge is 2.18.